The maximum absolute atomic E-state index is 12.4. The average molecular weight is 286 g/mol. The van der Waals surface area contributed by atoms with Crippen LogP contribution in [0.2, 0.25) is 0 Å². The highest BCUT2D eigenvalue weighted by atomic mass is 16.4. The second-order valence-corrected chi connectivity index (χ2v) is 4.88. The van der Waals surface area contributed by atoms with Gasteiger partial charge in [-0.25, -0.2) is 9.48 Å². The number of anilines is 1. The van der Waals surface area contributed by atoms with E-state index in [9.17, 15) is 9.59 Å². The minimum absolute atomic E-state index is 0.0192. The predicted octanol–water partition coefficient (Wildman–Crippen LogP) is 0.956. The first kappa shape index (κ1) is 13.3. The zero-order chi connectivity index (χ0) is 14.8. The smallest absolute Gasteiger partial charge is 0.358 e. The largest absolute Gasteiger partial charge is 0.476 e. The molecule has 108 valence electrons. The number of carboxylic acids is 1. The highest BCUT2D eigenvalue weighted by Crippen LogP contribution is 2.26. The van der Waals surface area contributed by atoms with Gasteiger partial charge >= 0.3 is 5.97 Å². The topological polar surface area (TPSA) is 88.3 Å². The molecule has 0 radical (unpaired) electrons. The van der Waals surface area contributed by atoms with Crippen molar-refractivity contribution in [2.24, 2.45) is 0 Å². The van der Waals surface area contributed by atoms with Gasteiger partial charge in [-0.05, 0) is 24.5 Å². The van der Waals surface area contributed by atoms with Gasteiger partial charge in [0.1, 0.15) is 6.54 Å². The Morgan fingerprint density at radius 2 is 2.10 bits per heavy atom. The molecule has 7 nitrogen and oxygen atoms in total. The van der Waals surface area contributed by atoms with Crippen LogP contribution in [0.5, 0.6) is 0 Å². The van der Waals surface area contributed by atoms with Gasteiger partial charge in [0.25, 0.3) is 0 Å². The van der Waals surface area contributed by atoms with Gasteiger partial charge in [-0.2, -0.15) is 0 Å². The highest BCUT2D eigenvalue weighted by molar-refractivity contribution is 5.94. The van der Waals surface area contributed by atoms with Crippen LogP contribution in [0.15, 0.2) is 30.5 Å². The summed E-state index contributed by atoms with van der Waals surface area (Å²) < 4.78 is 1.25. The third-order valence-corrected chi connectivity index (χ3v) is 3.47. The molecule has 0 unspecified atom stereocenters. The molecule has 1 N–H and O–H groups in total. The van der Waals surface area contributed by atoms with E-state index in [-0.39, 0.29) is 18.1 Å². The summed E-state index contributed by atoms with van der Waals surface area (Å²) in [6, 6.07) is 7.81. The lowest BCUT2D eigenvalue weighted by Crippen LogP contribution is -2.37. The quantitative estimate of drug-likeness (QED) is 0.907. The number of nitrogens with zero attached hydrogens (tertiary/aromatic N) is 4. The Balaban J connectivity index is 1.78. The van der Waals surface area contributed by atoms with Gasteiger partial charge in [0.2, 0.25) is 5.91 Å². The Morgan fingerprint density at radius 3 is 2.86 bits per heavy atom. The van der Waals surface area contributed by atoms with Gasteiger partial charge in [-0.1, -0.05) is 23.4 Å². The van der Waals surface area contributed by atoms with E-state index < -0.39 is 5.97 Å². The minimum atomic E-state index is -1.16. The molecule has 0 spiro atoms. The number of benzene rings is 1. The first-order chi connectivity index (χ1) is 10.1. The van der Waals surface area contributed by atoms with Crippen LogP contribution in [0.25, 0.3) is 0 Å². The van der Waals surface area contributed by atoms with Gasteiger partial charge in [0, 0.05) is 12.2 Å². The molecule has 2 aromatic rings. The van der Waals surface area contributed by atoms with Gasteiger partial charge in [0.05, 0.1) is 6.20 Å². The molecule has 21 heavy (non-hydrogen) atoms. The third-order valence-electron chi connectivity index (χ3n) is 3.47. The summed E-state index contributed by atoms with van der Waals surface area (Å²) in [7, 11) is 0. The SMILES string of the molecule is O=C(O)c1cn(CC(=O)N2CCCc3ccccc32)nn1. The Kier molecular flexibility index (Phi) is 3.39. The number of aryl methyl sites for hydroxylation is 1. The molecule has 1 aromatic heterocycles. The first-order valence-corrected chi connectivity index (χ1v) is 6.67. The number of aromatic carboxylic acids is 1. The molecule has 0 bridgehead atoms. The Bertz CT molecular complexity index is 695. The van der Waals surface area contributed by atoms with Gasteiger partial charge in [-0.3, -0.25) is 4.79 Å². The van der Waals surface area contributed by atoms with E-state index >= 15 is 0 Å². The van der Waals surface area contributed by atoms with Crippen LogP contribution in [0.1, 0.15) is 22.5 Å². The normalized spacial score (nSPS) is 13.8. The van der Waals surface area contributed by atoms with Crippen molar-refractivity contribution >= 4 is 17.6 Å². The number of aromatic nitrogens is 3. The van der Waals surface area contributed by atoms with Crippen LogP contribution in [-0.4, -0.2) is 38.5 Å². The maximum Gasteiger partial charge on any atom is 0.358 e. The zero-order valence-electron chi connectivity index (χ0n) is 11.3. The molecular formula is C14H14N4O3. The monoisotopic (exact) mass is 286 g/mol. The highest BCUT2D eigenvalue weighted by Gasteiger charge is 2.22. The standard InChI is InChI=1S/C14H14N4O3/c19-13(9-17-8-11(14(20)21)15-16-17)18-7-3-5-10-4-1-2-6-12(10)18/h1-2,4,6,8H,3,5,7,9H2,(H,20,21). The molecule has 1 aromatic carbocycles. The van der Waals surface area contributed by atoms with Crippen molar-refractivity contribution < 1.29 is 14.7 Å². The average Bonchev–Trinajstić information content (AvgIpc) is 2.95. The first-order valence-electron chi connectivity index (χ1n) is 6.67. The Labute approximate surface area is 120 Å². The Hall–Kier alpha value is -2.70. The van der Waals surface area contributed by atoms with Crippen LogP contribution >= 0.6 is 0 Å². The van der Waals surface area contributed by atoms with E-state index in [1.54, 1.807) is 4.90 Å². The third kappa shape index (κ3) is 2.62. The molecule has 3 rings (SSSR count). The second kappa shape index (κ2) is 5.35. The van der Waals surface area contributed by atoms with Crippen LogP contribution in [0, 0.1) is 0 Å². The summed E-state index contributed by atoms with van der Waals surface area (Å²) in [6.07, 6.45) is 3.14. The number of fused-ring (bicyclic) bond motifs is 1. The van der Waals surface area contributed by atoms with Crippen LogP contribution in [0.4, 0.5) is 5.69 Å². The maximum atomic E-state index is 12.4. The minimum Gasteiger partial charge on any atom is -0.476 e. The predicted molar refractivity (Wildman–Crippen MR) is 74.1 cm³/mol. The lowest BCUT2D eigenvalue weighted by molar-refractivity contribution is -0.119. The number of carbonyl (C=O) groups is 2. The number of para-hydroxylation sites is 1. The summed E-state index contributed by atoms with van der Waals surface area (Å²) in [5.74, 6) is -1.28. The molecule has 0 fully saturated rings. The van der Waals surface area contributed by atoms with Gasteiger partial charge in [-0.15, -0.1) is 5.10 Å². The van der Waals surface area contributed by atoms with E-state index in [0.717, 1.165) is 24.1 Å². The molecule has 1 aliphatic heterocycles. The van der Waals surface area contributed by atoms with Crippen molar-refractivity contribution in [3.05, 3.63) is 41.7 Å². The Morgan fingerprint density at radius 1 is 1.29 bits per heavy atom. The fraction of sp³-hybridized carbons (Fsp3) is 0.286. The van der Waals surface area contributed by atoms with Gasteiger partial charge in [0.15, 0.2) is 5.69 Å². The van der Waals surface area contributed by atoms with Crippen molar-refractivity contribution in [2.45, 2.75) is 19.4 Å². The molecule has 0 saturated heterocycles. The number of carboxylic acid groups (broad SMARTS) is 1. The van der Waals surface area contributed by atoms with Gasteiger partial charge < -0.3 is 10.0 Å². The molecule has 1 aliphatic rings. The van der Waals surface area contributed by atoms with E-state index in [0.29, 0.717) is 6.54 Å². The summed E-state index contributed by atoms with van der Waals surface area (Å²) in [6.45, 7) is 0.644. The number of rotatable bonds is 3. The lowest BCUT2D eigenvalue weighted by Gasteiger charge is -2.29. The summed E-state index contributed by atoms with van der Waals surface area (Å²) in [5.41, 5.74) is 1.91. The van der Waals surface area contributed by atoms with Crippen molar-refractivity contribution in [1.82, 2.24) is 15.0 Å². The fourth-order valence-electron chi connectivity index (χ4n) is 2.49. The number of amides is 1. The summed E-state index contributed by atoms with van der Waals surface area (Å²) >= 11 is 0. The van der Waals surface area contributed by atoms with E-state index in [1.807, 2.05) is 24.3 Å². The van der Waals surface area contributed by atoms with E-state index in [1.165, 1.54) is 10.9 Å². The fourth-order valence-corrected chi connectivity index (χ4v) is 2.49. The summed E-state index contributed by atoms with van der Waals surface area (Å²) in [4.78, 5) is 24.9. The van der Waals surface area contributed by atoms with Crippen molar-refractivity contribution in [1.29, 1.82) is 0 Å². The van der Waals surface area contributed by atoms with Crippen molar-refractivity contribution in [2.75, 3.05) is 11.4 Å². The van der Waals surface area contributed by atoms with Crippen LogP contribution in [0.3, 0.4) is 0 Å². The molecular weight excluding hydrogens is 272 g/mol. The molecule has 7 heteroatoms. The molecule has 2 heterocycles. The molecule has 0 saturated carbocycles. The molecule has 0 atom stereocenters. The number of hydrogen-bond acceptors (Lipinski definition) is 4. The number of carbonyl (C=O) groups excluding carboxylic acids is 1. The van der Waals surface area contributed by atoms with Crippen LogP contribution < -0.4 is 4.90 Å². The molecule has 0 aliphatic carbocycles. The molecule has 1 amide bonds. The number of hydrogen-bond donors (Lipinski definition) is 1. The van der Waals surface area contributed by atoms with Crippen molar-refractivity contribution in [3.8, 4) is 0 Å². The second-order valence-electron chi connectivity index (χ2n) is 4.88. The lowest BCUT2D eigenvalue weighted by atomic mass is 10.0. The summed E-state index contributed by atoms with van der Waals surface area (Å²) in [5, 5.41) is 16.0. The van der Waals surface area contributed by atoms with E-state index in [4.69, 9.17) is 5.11 Å². The van der Waals surface area contributed by atoms with Crippen molar-refractivity contribution in [3.63, 3.8) is 0 Å². The van der Waals surface area contributed by atoms with E-state index in [2.05, 4.69) is 10.3 Å². The zero-order valence-corrected chi connectivity index (χ0v) is 11.3. The van der Waals surface area contributed by atoms with Crippen LogP contribution in [-0.2, 0) is 17.8 Å².